The number of aryl methyl sites for hydroxylation is 1. The van der Waals surface area contributed by atoms with Gasteiger partial charge in [-0.25, -0.2) is 0 Å². The van der Waals surface area contributed by atoms with Gasteiger partial charge in [-0.15, -0.1) is 0 Å². The first-order chi connectivity index (χ1) is 8.15. The zero-order valence-electron chi connectivity index (χ0n) is 10.2. The van der Waals surface area contributed by atoms with Crippen LogP contribution >= 0.6 is 0 Å². The number of carbonyl (C=O) groups excluding carboxylic acids is 2. The molecule has 0 radical (unpaired) electrons. The van der Waals surface area contributed by atoms with Crippen LogP contribution < -0.4 is 5.32 Å². The van der Waals surface area contributed by atoms with Crippen molar-refractivity contribution in [3.05, 3.63) is 35.4 Å². The Bertz CT molecular complexity index is 401. The number of benzene rings is 1. The second-order valence-corrected chi connectivity index (χ2v) is 3.75. The van der Waals surface area contributed by atoms with Crippen molar-refractivity contribution in [1.82, 2.24) is 5.32 Å². The molecule has 0 spiro atoms. The number of carbonyl (C=O) groups is 2. The largest absolute Gasteiger partial charge is 0.469 e. The summed E-state index contributed by atoms with van der Waals surface area (Å²) in [6, 6.07) is 7.40. The molecule has 0 bridgehead atoms. The molecule has 17 heavy (non-hydrogen) atoms. The molecule has 0 saturated carbocycles. The van der Waals surface area contributed by atoms with Gasteiger partial charge in [-0.05, 0) is 25.0 Å². The molecule has 0 heterocycles. The van der Waals surface area contributed by atoms with Crippen LogP contribution in [0, 0.1) is 6.92 Å². The SMILES string of the molecule is COC(=O)CCCNC(=O)c1ccccc1C. The van der Waals surface area contributed by atoms with Crippen molar-refractivity contribution in [2.45, 2.75) is 19.8 Å². The van der Waals surface area contributed by atoms with Crippen LogP contribution in [0.5, 0.6) is 0 Å². The van der Waals surface area contributed by atoms with Gasteiger partial charge >= 0.3 is 5.97 Å². The van der Waals surface area contributed by atoms with Gasteiger partial charge < -0.3 is 10.1 Å². The highest BCUT2D eigenvalue weighted by atomic mass is 16.5. The molecular weight excluding hydrogens is 218 g/mol. The normalized spacial score (nSPS) is 9.76. The van der Waals surface area contributed by atoms with Crippen molar-refractivity contribution in [2.24, 2.45) is 0 Å². The topological polar surface area (TPSA) is 55.4 Å². The zero-order valence-corrected chi connectivity index (χ0v) is 10.2. The third kappa shape index (κ3) is 4.26. The summed E-state index contributed by atoms with van der Waals surface area (Å²) in [4.78, 5) is 22.6. The molecule has 1 aromatic rings. The second-order valence-electron chi connectivity index (χ2n) is 3.75. The number of nitrogens with one attached hydrogen (secondary N) is 1. The number of methoxy groups -OCH3 is 1. The Morgan fingerprint density at radius 3 is 2.65 bits per heavy atom. The Hall–Kier alpha value is -1.84. The highest BCUT2D eigenvalue weighted by Gasteiger charge is 2.07. The van der Waals surface area contributed by atoms with Crippen molar-refractivity contribution in [3.63, 3.8) is 0 Å². The average molecular weight is 235 g/mol. The Morgan fingerprint density at radius 1 is 1.29 bits per heavy atom. The monoisotopic (exact) mass is 235 g/mol. The summed E-state index contributed by atoms with van der Waals surface area (Å²) in [5.41, 5.74) is 1.61. The van der Waals surface area contributed by atoms with Gasteiger partial charge in [0.25, 0.3) is 5.91 Å². The maximum absolute atomic E-state index is 11.8. The fourth-order valence-electron chi connectivity index (χ4n) is 1.46. The van der Waals surface area contributed by atoms with Crippen LogP contribution in [-0.4, -0.2) is 25.5 Å². The lowest BCUT2D eigenvalue weighted by Crippen LogP contribution is -2.25. The minimum Gasteiger partial charge on any atom is -0.469 e. The van der Waals surface area contributed by atoms with E-state index < -0.39 is 0 Å². The van der Waals surface area contributed by atoms with Crippen molar-refractivity contribution in [3.8, 4) is 0 Å². The van der Waals surface area contributed by atoms with E-state index in [2.05, 4.69) is 10.1 Å². The summed E-state index contributed by atoms with van der Waals surface area (Å²) >= 11 is 0. The molecule has 0 unspecified atom stereocenters. The van der Waals surface area contributed by atoms with Gasteiger partial charge in [0.2, 0.25) is 0 Å². The van der Waals surface area contributed by atoms with E-state index in [1.807, 2.05) is 25.1 Å². The van der Waals surface area contributed by atoms with Gasteiger partial charge in [0.15, 0.2) is 0 Å². The smallest absolute Gasteiger partial charge is 0.305 e. The van der Waals surface area contributed by atoms with Gasteiger partial charge in [0.05, 0.1) is 7.11 Å². The average Bonchev–Trinajstić information content (AvgIpc) is 2.34. The molecule has 1 aromatic carbocycles. The molecule has 0 saturated heterocycles. The summed E-state index contributed by atoms with van der Waals surface area (Å²) in [7, 11) is 1.36. The van der Waals surface area contributed by atoms with Crippen molar-refractivity contribution < 1.29 is 14.3 Å². The fraction of sp³-hybridized carbons (Fsp3) is 0.385. The highest BCUT2D eigenvalue weighted by molar-refractivity contribution is 5.95. The van der Waals surface area contributed by atoms with E-state index in [1.165, 1.54) is 7.11 Å². The molecule has 0 aliphatic heterocycles. The number of hydrogen-bond donors (Lipinski definition) is 1. The Labute approximate surface area is 101 Å². The quantitative estimate of drug-likeness (QED) is 0.624. The number of rotatable bonds is 5. The zero-order chi connectivity index (χ0) is 12.7. The first-order valence-electron chi connectivity index (χ1n) is 5.56. The Kier molecular flexibility index (Phi) is 5.20. The molecule has 0 atom stereocenters. The van der Waals surface area contributed by atoms with Crippen LogP contribution in [0.1, 0.15) is 28.8 Å². The van der Waals surface area contributed by atoms with E-state index in [0.717, 1.165) is 5.56 Å². The van der Waals surface area contributed by atoms with Crippen LogP contribution in [0.3, 0.4) is 0 Å². The van der Waals surface area contributed by atoms with E-state index >= 15 is 0 Å². The number of esters is 1. The molecule has 0 aliphatic carbocycles. The summed E-state index contributed by atoms with van der Waals surface area (Å²) in [6.45, 7) is 2.37. The van der Waals surface area contributed by atoms with Crippen molar-refractivity contribution in [2.75, 3.05) is 13.7 Å². The number of ether oxygens (including phenoxy) is 1. The van der Waals surface area contributed by atoms with Gasteiger partial charge in [0.1, 0.15) is 0 Å². The van der Waals surface area contributed by atoms with Gasteiger partial charge in [0, 0.05) is 18.5 Å². The lowest BCUT2D eigenvalue weighted by molar-refractivity contribution is -0.140. The molecule has 0 aromatic heterocycles. The van der Waals surface area contributed by atoms with E-state index in [-0.39, 0.29) is 11.9 Å². The van der Waals surface area contributed by atoms with E-state index in [1.54, 1.807) is 6.07 Å². The molecule has 1 amide bonds. The van der Waals surface area contributed by atoms with Gasteiger partial charge in [-0.3, -0.25) is 9.59 Å². The maximum Gasteiger partial charge on any atom is 0.305 e. The fourth-order valence-corrected chi connectivity index (χ4v) is 1.46. The van der Waals surface area contributed by atoms with Crippen LogP contribution in [0.4, 0.5) is 0 Å². The minimum absolute atomic E-state index is 0.104. The van der Waals surface area contributed by atoms with Crippen LogP contribution in [0.2, 0.25) is 0 Å². The Morgan fingerprint density at radius 2 is 2.00 bits per heavy atom. The predicted molar refractivity (Wildman–Crippen MR) is 64.8 cm³/mol. The molecule has 92 valence electrons. The molecule has 1 N–H and O–H groups in total. The Balaban J connectivity index is 2.36. The predicted octanol–water partition coefficient (Wildman–Crippen LogP) is 1.68. The van der Waals surface area contributed by atoms with E-state index in [9.17, 15) is 9.59 Å². The molecule has 4 nitrogen and oxygen atoms in total. The summed E-state index contributed by atoms with van der Waals surface area (Å²) < 4.78 is 4.51. The minimum atomic E-state index is -0.254. The molecule has 4 heteroatoms. The van der Waals surface area contributed by atoms with Crippen LogP contribution in [0.15, 0.2) is 24.3 Å². The van der Waals surface area contributed by atoms with E-state index in [4.69, 9.17) is 0 Å². The van der Waals surface area contributed by atoms with Crippen LogP contribution in [0.25, 0.3) is 0 Å². The molecule has 1 rings (SSSR count). The maximum atomic E-state index is 11.8. The molecular formula is C13H17NO3. The summed E-state index contributed by atoms with van der Waals surface area (Å²) in [5.74, 6) is -0.358. The number of amides is 1. The first kappa shape index (κ1) is 13.2. The van der Waals surface area contributed by atoms with Gasteiger partial charge in [-0.2, -0.15) is 0 Å². The second kappa shape index (κ2) is 6.68. The van der Waals surface area contributed by atoms with Crippen molar-refractivity contribution >= 4 is 11.9 Å². The lowest BCUT2D eigenvalue weighted by Gasteiger charge is -2.06. The molecule has 0 fully saturated rings. The number of hydrogen-bond acceptors (Lipinski definition) is 3. The summed E-state index contributed by atoms with van der Waals surface area (Å²) in [5, 5.41) is 2.77. The third-order valence-corrected chi connectivity index (χ3v) is 2.46. The standard InChI is InChI=1S/C13H17NO3/c1-10-6-3-4-7-11(10)13(16)14-9-5-8-12(15)17-2/h3-4,6-7H,5,8-9H2,1-2H3,(H,14,16). The van der Waals surface area contributed by atoms with Crippen molar-refractivity contribution in [1.29, 1.82) is 0 Å². The van der Waals surface area contributed by atoms with Gasteiger partial charge in [-0.1, -0.05) is 18.2 Å². The molecule has 0 aliphatic rings. The lowest BCUT2D eigenvalue weighted by atomic mass is 10.1. The highest BCUT2D eigenvalue weighted by Crippen LogP contribution is 2.06. The first-order valence-corrected chi connectivity index (χ1v) is 5.56. The van der Waals surface area contributed by atoms with Crippen LogP contribution in [-0.2, 0) is 9.53 Å². The van der Waals surface area contributed by atoms with E-state index in [0.29, 0.717) is 24.9 Å². The summed E-state index contributed by atoms with van der Waals surface area (Å²) in [6.07, 6.45) is 0.912. The third-order valence-electron chi connectivity index (χ3n) is 2.46.